The maximum Gasteiger partial charge on any atom is 0.341 e. The molecule has 0 aromatic heterocycles. The molecule has 1 aliphatic rings. The van der Waals surface area contributed by atoms with Crippen molar-refractivity contribution in [2.45, 2.75) is 6.92 Å². The number of benzene rings is 2. The Morgan fingerprint density at radius 2 is 2.03 bits per heavy atom. The highest BCUT2D eigenvalue weighted by Gasteiger charge is 2.33. The number of rotatable bonds is 7. The van der Waals surface area contributed by atoms with Gasteiger partial charge >= 0.3 is 5.97 Å². The molecule has 1 amide bonds. The minimum atomic E-state index is -1.10. The third-order valence-electron chi connectivity index (χ3n) is 3.78. The van der Waals surface area contributed by atoms with Gasteiger partial charge < -0.3 is 14.6 Å². The van der Waals surface area contributed by atoms with Gasteiger partial charge in [0.1, 0.15) is 5.82 Å². The summed E-state index contributed by atoms with van der Waals surface area (Å²) in [5.41, 5.74) is 1.01. The highest BCUT2D eigenvalue weighted by molar-refractivity contribution is 8.27. The van der Waals surface area contributed by atoms with E-state index < -0.39 is 18.4 Å². The molecule has 0 saturated carbocycles. The molecule has 2 aromatic rings. The number of carbonyl (C=O) groups is 2. The summed E-state index contributed by atoms with van der Waals surface area (Å²) in [6, 6.07) is 10.6. The lowest BCUT2D eigenvalue weighted by Crippen LogP contribution is -2.27. The standard InChI is InChI=1S/C20H16FNO5S2/c1-2-26-16-8-12(6-7-15(16)27-11-18(23)24)9-17-19(25)22(20(28)29-17)14-5-3-4-13(21)10-14/h3-10H,2,11H2,1H3,(H,23,24)/b17-9-. The second-order valence-electron chi connectivity index (χ2n) is 5.82. The van der Waals surface area contributed by atoms with Crippen LogP contribution in [-0.4, -0.2) is 34.5 Å². The van der Waals surface area contributed by atoms with E-state index >= 15 is 0 Å². The first-order chi connectivity index (χ1) is 13.9. The Bertz CT molecular complexity index is 1010. The van der Waals surface area contributed by atoms with Gasteiger partial charge in [0.05, 0.1) is 17.2 Å². The van der Waals surface area contributed by atoms with Gasteiger partial charge in [-0.1, -0.05) is 36.1 Å². The summed E-state index contributed by atoms with van der Waals surface area (Å²) in [4.78, 5) is 25.2. The highest BCUT2D eigenvalue weighted by atomic mass is 32.2. The molecule has 1 N–H and O–H groups in total. The number of anilines is 1. The Balaban J connectivity index is 1.87. The molecular weight excluding hydrogens is 417 g/mol. The fourth-order valence-electron chi connectivity index (χ4n) is 2.60. The first-order valence-electron chi connectivity index (χ1n) is 8.54. The Morgan fingerprint density at radius 1 is 1.24 bits per heavy atom. The summed E-state index contributed by atoms with van der Waals surface area (Å²) >= 11 is 6.40. The summed E-state index contributed by atoms with van der Waals surface area (Å²) in [7, 11) is 0. The predicted octanol–water partition coefficient (Wildman–Crippen LogP) is 4.09. The number of hydrogen-bond acceptors (Lipinski definition) is 6. The lowest BCUT2D eigenvalue weighted by Gasteiger charge is -2.14. The van der Waals surface area contributed by atoms with Crippen LogP contribution < -0.4 is 14.4 Å². The summed E-state index contributed by atoms with van der Waals surface area (Å²) in [6.45, 7) is 1.65. The van der Waals surface area contributed by atoms with Gasteiger partial charge in [0, 0.05) is 0 Å². The van der Waals surface area contributed by atoms with Crippen molar-refractivity contribution in [3.8, 4) is 11.5 Å². The van der Waals surface area contributed by atoms with Crippen molar-refractivity contribution in [2.75, 3.05) is 18.1 Å². The highest BCUT2D eigenvalue weighted by Crippen LogP contribution is 2.37. The van der Waals surface area contributed by atoms with Crippen LogP contribution in [0.25, 0.3) is 6.08 Å². The zero-order valence-electron chi connectivity index (χ0n) is 15.3. The molecule has 1 saturated heterocycles. The van der Waals surface area contributed by atoms with Gasteiger partial charge in [-0.25, -0.2) is 9.18 Å². The normalized spacial score (nSPS) is 15.1. The zero-order valence-corrected chi connectivity index (χ0v) is 16.9. The van der Waals surface area contributed by atoms with Crippen LogP contribution in [0.15, 0.2) is 47.4 Å². The fraction of sp³-hybridized carbons (Fsp3) is 0.150. The van der Waals surface area contributed by atoms with Crippen LogP contribution in [0.2, 0.25) is 0 Å². The molecule has 0 radical (unpaired) electrons. The Morgan fingerprint density at radius 3 is 2.72 bits per heavy atom. The lowest BCUT2D eigenvalue weighted by atomic mass is 10.1. The number of aliphatic carboxylic acids is 1. The van der Waals surface area contributed by atoms with E-state index in [0.717, 1.165) is 11.8 Å². The Labute approximate surface area is 175 Å². The second kappa shape index (κ2) is 9.06. The predicted molar refractivity (Wildman–Crippen MR) is 113 cm³/mol. The number of halogens is 1. The number of carbonyl (C=O) groups excluding carboxylic acids is 1. The van der Waals surface area contributed by atoms with E-state index in [1.807, 2.05) is 0 Å². The molecule has 6 nitrogen and oxygen atoms in total. The molecule has 1 aliphatic heterocycles. The minimum absolute atomic E-state index is 0.290. The van der Waals surface area contributed by atoms with E-state index in [4.69, 9.17) is 26.8 Å². The second-order valence-corrected chi connectivity index (χ2v) is 7.49. The molecule has 1 fully saturated rings. The average Bonchev–Trinajstić information content (AvgIpc) is 2.94. The van der Waals surface area contributed by atoms with Gasteiger partial charge in [0.25, 0.3) is 5.91 Å². The number of carboxylic acids is 1. The van der Waals surface area contributed by atoms with E-state index in [9.17, 15) is 14.0 Å². The van der Waals surface area contributed by atoms with Crippen molar-refractivity contribution >= 4 is 51.9 Å². The zero-order chi connectivity index (χ0) is 21.0. The van der Waals surface area contributed by atoms with Gasteiger partial charge in [0.2, 0.25) is 0 Å². The molecule has 1 heterocycles. The van der Waals surface area contributed by atoms with Crippen LogP contribution in [0.1, 0.15) is 12.5 Å². The molecule has 0 atom stereocenters. The van der Waals surface area contributed by atoms with Crippen molar-refractivity contribution in [3.05, 3.63) is 58.8 Å². The maximum atomic E-state index is 13.5. The summed E-state index contributed by atoms with van der Waals surface area (Å²) in [6.07, 6.45) is 1.64. The number of hydrogen-bond donors (Lipinski definition) is 1. The number of carboxylic acid groups (broad SMARTS) is 1. The van der Waals surface area contributed by atoms with Gasteiger partial charge in [-0.2, -0.15) is 0 Å². The first-order valence-corrected chi connectivity index (χ1v) is 9.76. The molecule has 29 heavy (non-hydrogen) atoms. The van der Waals surface area contributed by atoms with Gasteiger partial charge in [0.15, 0.2) is 22.4 Å². The molecule has 2 aromatic carbocycles. The van der Waals surface area contributed by atoms with Crippen LogP contribution >= 0.6 is 24.0 Å². The fourth-order valence-corrected chi connectivity index (χ4v) is 3.90. The minimum Gasteiger partial charge on any atom is -0.490 e. The van der Waals surface area contributed by atoms with E-state index in [1.54, 1.807) is 37.3 Å². The van der Waals surface area contributed by atoms with Crippen LogP contribution in [0.3, 0.4) is 0 Å². The van der Waals surface area contributed by atoms with Gasteiger partial charge in [-0.3, -0.25) is 9.69 Å². The van der Waals surface area contributed by atoms with E-state index in [1.165, 1.54) is 23.1 Å². The number of nitrogens with zero attached hydrogens (tertiary/aromatic N) is 1. The van der Waals surface area contributed by atoms with Gasteiger partial charge in [-0.05, 0) is 48.9 Å². The molecular formula is C20H16FNO5S2. The van der Waals surface area contributed by atoms with Crippen LogP contribution in [0.5, 0.6) is 11.5 Å². The molecule has 0 unspecified atom stereocenters. The number of ether oxygens (including phenoxy) is 2. The third-order valence-corrected chi connectivity index (χ3v) is 5.08. The number of amides is 1. The number of thiocarbonyl (C=S) groups is 1. The SMILES string of the molecule is CCOc1cc(/C=C2\SC(=S)N(c3cccc(F)c3)C2=O)ccc1OCC(=O)O. The van der Waals surface area contributed by atoms with Crippen molar-refractivity contribution in [1.82, 2.24) is 0 Å². The number of thioether (sulfide) groups is 1. The topological polar surface area (TPSA) is 76.1 Å². The van der Waals surface area contributed by atoms with Crippen molar-refractivity contribution in [2.24, 2.45) is 0 Å². The molecule has 150 valence electrons. The Hall–Kier alpha value is -2.91. The summed E-state index contributed by atoms with van der Waals surface area (Å²) < 4.78 is 24.6. The smallest absolute Gasteiger partial charge is 0.341 e. The van der Waals surface area contributed by atoms with Gasteiger partial charge in [-0.15, -0.1) is 0 Å². The van der Waals surface area contributed by atoms with Crippen LogP contribution in [-0.2, 0) is 9.59 Å². The van der Waals surface area contributed by atoms with Crippen molar-refractivity contribution in [1.29, 1.82) is 0 Å². The lowest BCUT2D eigenvalue weighted by molar-refractivity contribution is -0.139. The molecule has 0 aliphatic carbocycles. The average molecular weight is 433 g/mol. The Kier molecular flexibility index (Phi) is 6.50. The van der Waals surface area contributed by atoms with Crippen molar-refractivity contribution in [3.63, 3.8) is 0 Å². The summed E-state index contributed by atoms with van der Waals surface area (Å²) in [5, 5.41) is 8.77. The quantitative estimate of drug-likeness (QED) is 0.521. The van der Waals surface area contributed by atoms with E-state index in [-0.39, 0.29) is 5.91 Å². The molecule has 0 bridgehead atoms. The van der Waals surface area contributed by atoms with Crippen LogP contribution in [0.4, 0.5) is 10.1 Å². The van der Waals surface area contributed by atoms with E-state index in [2.05, 4.69) is 0 Å². The first kappa shape index (κ1) is 20.8. The molecule has 9 heteroatoms. The van der Waals surface area contributed by atoms with E-state index in [0.29, 0.717) is 38.6 Å². The maximum absolute atomic E-state index is 13.5. The van der Waals surface area contributed by atoms with Crippen molar-refractivity contribution < 1.29 is 28.6 Å². The van der Waals surface area contributed by atoms with Crippen LogP contribution in [0, 0.1) is 5.82 Å². The molecule has 0 spiro atoms. The molecule has 3 rings (SSSR count). The summed E-state index contributed by atoms with van der Waals surface area (Å²) in [5.74, 6) is -1.26. The largest absolute Gasteiger partial charge is 0.490 e. The third kappa shape index (κ3) is 4.93. The monoisotopic (exact) mass is 433 g/mol.